The summed E-state index contributed by atoms with van der Waals surface area (Å²) in [6.07, 6.45) is 8.98. The van der Waals surface area contributed by atoms with Crippen LogP contribution in [0.4, 0.5) is 0 Å². The van der Waals surface area contributed by atoms with Crippen LogP contribution in [-0.4, -0.2) is 15.7 Å². The minimum Gasteiger partial charge on any atom is -0.465 e. The summed E-state index contributed by atoms with van der Waals surface area (Å²) < 4.78 is 6.60. The van der Waals surface area contributed by atoms with Gasteiger partial charge in [0, 0.05) is 12.1 Å². The molecule has 86 valence electrons. The van der Waals surface area contributed by atoms with Crippen LogP contribution in [0.5, 0.6) is 0 Å². The lowest BCUT2D eigenvalue weighted by Gasteiger charge is -1.95. The van der Waals surface area contributed by atoms with Gasteiger partial charge in [-0.1, -0.05) is 0 Å². The van der Waals surface area contributed by atoms with Crippen molar-refractivity contribution in [3.05, 3.63) is 42.1 Å². The van der Waals surface area contributed by atoms with Gasteiger partial charge in [0.15, 0.2) is 0 Å². The molecule has 0 aliphatic heterocycles. The quantitative estimate of drug-likeness (QED) is 0.811. The van der Waals surface area contributed by atoms with Crippen LogP contribution in [0.2, 0.25) is 0 Å². The molecule has 0 spiro atoms. The lowest BCUT2D eigenvalue weighted by Crippen LogP contribution is -2.12. The van der Waals surface area contributed by atoms with Crippen LogP contribution < -0.4 is 0 Å². The van der Waals surface area contributed by atoms with Crippen molar-refractivity contribution < 1.29 is 9.21 Å². The molecule has 0 radical (unpaired) electrons. The third kappa shape index (κ3) is 2.20. The Labute approximate surface area is 98.5 Å². The molecule has 4 nitrogen and oxygen atoms in total. The molecule has 2 heterocycles. The van der Waals surface area contributed by atoms with Crippen LogP contribution >= 0.6 is 0 Å². The Kier molecular flexibility index (Phi) is 2.40. The molecule has 0 unspecified atom stereocenters. The molecular weight excluding hydrogens is 216 g/mol. The summed E-state index contributed by atoms with van der Waals surface area (Å²) in [4.78, 5) is 11.7. The molecule has 1 saturated carbocycles. The van der Waals surface area contributed by atoms with Crippen molar-refractivity contribution in [3.8, 4) is 0 Å². The van der Waals surface area contributed by atoms with E-state index in [-0.39, 0.29) is 11.8 Å². The average molecular weight is 228 g/mol. The van der Waals surface area contributed by atoms with Gasteiger partial charge in [0.1, 0.15) is 5.76 Å². The van der Waals surface area contributed by atoms with Crippen molar-refractivity contribution in [2.75, 3.05) is 0 Å². The maximum atomic E-state index is 11.7. The molecule has 2 aromatic heterocycles. The zero-order chi connectivity index (χ0) is 11.7. The first-order chi connectivity index (χ1) is 8.33. The van der Waals surface area contributed by atoms with Gasteiger partial charge in [-0.25, -0.2) is 4.68 Å². The Bertz CT molecular complexity index is 548. The van der Waals surface area contributed by atoms with Gasteiger partial charge >= 0.3 is 0 Å². The van der Waals surface area contributed by atoms with Crippen LogP contribution in [0.15, 0.2) is 35.1 Å². The summed E-state index contributed by atoms with van der Waals surface area (Å²) >= 11 is 0. The minimum atomic E-state index is 0.0997. The second kappa shape index (κ2) is 4.05. The Morgan fingerprint density at radius 2 is 2.29 bits per heavy atom. The normalized spacial score (nSPS) is 15.5. The topological polar surface area (TPSA) is 48.0 Å². The molecule has 1 aliphatic rings. The first-order valence-corrected chi connectivity index (χ1v) is 5.64. The zero-order valence-electron chi connectivity index (χ0n) is 9.24. The first kappa shape index (κ1) is 10.1. The van der Waals surface area contributed by atoms with Crippen molar-refractivity contribution in [2.24, 2.45) is 5.92 Å². The fourth-order valence-corrected chi connectivity index (χ4v) is 1.62. The van der Waals surface area contributed by atoms with E-state index in [2.05, 4.69) is 5.10 Å². The molecule has 0 N–H and O–H groups in total. The van der Waals surface area contributed by atoms with Gasteiger partial charge in [0.05, 0.1) is 12.0 Å². The maximum absolute atomic E-state index is 11.7. The monoisotopic (exact) mass is 228 g/mol. The molecule has 1 aliphatic carbocycles. The SMILES string of the molecule is O=C(C1CC1)n1ccc(C=Cc2ccco2)n1. The highest BCUT2D eigenvalue weighted by Gasteiger charge is 2.31. The van der Waals surface area contributed by atoms with Crippen LogP contribution in [0.1, 0.15) is 29.1 Å². The Balaban J connectivity index is 1.74. The van der Waals surface area contributed by atoms with E-state index in [9.17, 15) is 4.79 Å². The van der Waals surface area contributed by atoms with E-state index >= 15 is 0 Å². The molecule has 0 saturated heterocycles. The minimum absolute atomic E-state index is 0.0997. The lowest BCUT2D eigenvalue weighted by molar-refractivity contribution is 0.0870. The molecule has 0 atom stereocenters. The number of furan rings is 1. The molecule has 4 heteroatoms. The molecule has 1 fully saturated rings. The van der Waals surface area contributed by atoms with Crippen molar-refractivity contribution in [3.63, 3.8) is 0 Å². The number of rotatable bonds is 3. The molecule has 3 rings (SSSR count). The second-order valence-corrected chi connectivity index (χ2v) is 4.15. The fourth-order valence-electron chi connectivity index (χ4n) is 1.62. The van der Waals surface area contributed by atoms with Crippen LogP contribution in [0.25, 0.3) is 12.2 Å². The number of nitrogens with zero attached hydrogens (tertiary/aromatic N) is 2. The van der Waals surface area contributed by atoms with Gasteiger partial charge in [-0.2, -0.15) is 5.10 Å². The third-order valence-electron chi connectivity index (χ3n) is 2.72. The van der Waals surface area contributed by atoms with Crippen LogP contribution in [0, 0.1) is 5.92 Å². The van der Waals surface area contributed by atoms with Crippen molar-refractivity contribution in [1.82, 2.24) is 9.78 Å². The maximum Gasteiger partial charge on any atom is 0.249 e. The highest BCUT2D eigenvalue weighted by Crippen LogP contribution is 2.30. The van der Waals surface area contributed by atoms with Crippen molar-refractivity contribution in [2.45, 2.75) is 12.8 Å². The number of aromatic nitrogens is 2. The predicted molar refractivity (Wildman–Crippen MR) is 63.2 cm³/mol. The summed E-state index contributed by atoms with van der Waals surface area (Å²) in [6, 6.07) is 5.51. The molecule has 17 heavy (non-hydrogen) atoms. The Morgan fingerprint density at radius 3 is 3.00 bits per heavy atom. The van der Waals surface area contributed by atoms with E-state index in [1.54, 1.807) is 12.5 Å². The van der Waals surface area contributed by atoms with Crippen molar-refractivity contribution >= 4 is 18.1 Å². The standard InChI is InChI=1S/C13H12N2O2/c16-13(10-3-4-10)15-8-7-11(14-15)5-6-12-2-1-9-17-12/h1-2,5-10H,3-4H2. The highest BCUT2D eigenvalue weighted by atomic mass is 16.3. The van der Waals surface area contributed by atoms with Gasteiger partial charge in [-0.3, -0.25) is 4.79 Å². The third-order valence-corrected chi connectivity index (χ3v) is 2.72. The van der Waals surface area contributed by atoms with Gasteiger partial charge in [0.25, 0.3) is 0 Å². The number of carbonyl (C=O) groups is 1. The average Bonchev–Trinajstić information content (AvgIpc) is 2.88. The zero-order valence-corrected chi connectivity index (χ0v) is 9.24. The molecule has 0 bridgehead atoms. The van der Waals surface area contributed by atoms with Gasteiger partial charge < -0.3 is 4.42 Å². The summed E-state index contributed by atoms with van der Waals surface area (Å²) in [5, 5.41) is 4.21. The first-order valence-electron chi connectivity index (χ1n) is 5.64. The summed E-state index contributed by atoms with van der Waals surface area (Å²) in [5.74, 6) is 1.06. The van der Waals surface area contributed by atoms with E-state index in [1.807, 2.05) is 30.4 Å². The highest BCUT2D eigenvalue weighted by molar-refractivity contribution is 5.83. The Morgan fingerprint density at radius 1 is 1.41 bits per heavy atom. The van der Waals surface area contributed by atoms with Crippen molar-refractivity contribution in [1.29, 1.82) is 0 Å². The van der Waals surface area contributed by atoms with E-state index < -0.39 is 0 Å². The van der Waals surface area contributed by atoms with Gasteiger partial charge in [-0.05, 0) is 43.2 Å². The number of hydrogen-bond donors (Lipinski definition) is 0. The molecule has 2 aromatic rings. The lowest BCUT2D eigenvalue weighted by atomic mass is 10.3. The van der Waals surface area contributed by atoms with Gasteiger partial charge in [0.2, 0.25) is 5.91 Å². The van der Waals surface area contributed by atoms with E-state index in [4.69, 9.17) is 4.42 Å². The number of carbonyl (C=O) groups excluding carboxylic acids is 1. The molecule has 0 amide bonds. The fraction of sp³-hybridized carbons (Fsp3) is 0.231. The van der Waals surface area contributed by atoms with Gasteiger partial charge in [-0.15, -0.1) is 0 Å². The smallest absolute Gasteiger partial charge is 0.249 e. The second-order valence-electron chi connectivity index (χ2n) is 4.15. The van der Waals surface area contributed by atoms with E-state index in [1.165, 1.54) is 4.68 Å². The van der Waals surface area contributed by atoms with Crippen LogP contribution in [-0.2, 0) is 0 Å². The summed E-state index contributed by atoms with van der Waals surface area (Å²) in [7, 11) is 0. The van der Waals surface area contributed by atoms with E-state index in [0.29, 0.717) is 0 Å². The molecular formula is C13H12N2O2. The van der Waals surface area contributed by atoms with Crippen LogP contribution in [0.3, 0.4) is 0 Å². The predicted octanol–water partition coefficient (Wildman–Crippen LogP) is 2.70. The van der Waals surface area contributed by atoms with E-state index in [0.717, 1.165) is 24.3 Å². The Hall–Kier alpha value is -2.10. The summed E-state index contributed by atoms with van der Waals surface area (Å²) in [6.45, 7) is 0. The number of hydrogen-bond acceptors (Lipinski definition) is 3. The molecule has 0 aromatic carbocycles. The summed E-state index contributed by atoms with van der Waals surface area (Å²) in [5.41, 5.74) is 0.760. The largest absolute Gasteiger partial charge is 0.465 e.